The van der Waals surface area contributed by atoms with Crippen molar-refractivity contribution < 1.29 is 14.6 Å². The van der Waals surface area contributed by atoms with Gasteiger partial charge >= 0.3 is 5.97 Å². The van der Waals surface area contributed by atoms with Gasteiger partial charge in [0.05, 0.1) is 9.85 Å². The number of nitrogens with one attached hydrogen (secondary N) is 1. The molecule has 2 atom stereocenters. The topological polar surface area (TPSA) is 58.6 Å². The predicted octanol–water partition coefficient (Wildman–Crippen LogP) is 5.62. The van der Waals surface area contributed by atoms with E-state index in [9.17, 15) is 9.90 Å². The summed E-state index contributed by atoms with van der Waals surface area (Å²) in [5.41, 5.74) is 1.93. The number of ether oxygens (including phenoxy) is 1. The van der Waals surface area contributed by atoms with Crippen LogP contribution in [-0.2, 0) is 11.4 Å². The first-order chi connectivity index (χ1) is 13.5. The van der Waals surface area contributed by atoms with Crippen molar-refractivity contribution in [3.8, 4) is 5.75 Å². The van der Waals surface area contributed by atoms with Gasteiger partial charge in [-0.2, -0.15) is 0 Å². The molecule has 7 heteroatoms. The van der Waals surface area contributed by atoms with Crippen molar-refractivity contribution in [2.24, 2.45) is 0 Å². The van der Waals surface area contributed by atoms with Gasteiger partial charge in [-0.05, 0) is 44.4 Å². The molecule has 28 heavy (non-hydrogen) atoms. The van der Waals surface area contributed by atoms with Crippen LogP contribution in [0.15, 0.2) is 59.1 Å². The molecule has 0 aromatic heterocycles. The summed E-state index contributed by atoms with van der Waals surface area (Å²) in [5.74, 6) is 0.315. The average Bonchev–Trinajstić information content (AvgIpc) is 3.17. The van der Waals surface area contributed by atoms with E-state index in [0.717, 1.165) is 26.4 Å². The summed E-state index contributed by atoms with van der Waals surface area (Å²) >= 11 is 11.3. The lowest BCUT2D eigenvalue weighted by Gasteiger charge is -2.19. The molecule has 2 unspecified atom stereocenters. The van der Waals surface area contributed by atoms with Gasteiger partial charge in [0.25, 0.3) is 0 Å². The maximum Gasteiger partial charge on any atom is 0.321 e. The predicted molar refractivity (Wildman–Crippen MR) is 117 cm³/mol. The average molecular weight is 479 g/mol. The molecule has 0 saturated carbocycles. The van der Waals surface area contributed by atoms with Crippen LogP contribution in [0.3, 0.4) is 0 Å². The Balaban J connectivity index is 1.63. The minimum Gasteiger partial charge on any atom is -0.487 e. The third kappa shape index (κ3) is 4.01. The van der Waals surface area contributed by atoms with E-state index in [2.05, 4.69) is 45.5 Å². The minimum atomic E-state index is -0.852. The van der Waals surface area contributed by atoms with E-state index in [0.29, 0.717) is 23.1 Å². The minimum absolute atomic E-state index is 0.196. The molecule has 0 bridgehead atoms. The molecule has 0 amide bonds. The largest absolute Gasteiger partial charge is 0.487 e. The lowest BCUT2D eigenvalue weighted by molar-refractivity contribution is -0.138. The fourth-order valence-electron chi connectivity index (χ4n) is 3.29. The first-order valence-electron chi connectivity index (χ1n) is 8.72. The van der Waals surface area contributed by atoms with E-state index < -0.39 is 12.0 Å². The SMILES string of the molecule is O=C(O)C1CSC(c2cc(Cl)cc(Br)c2OCc2cccc3ccccc23)N1. The molecular weight excluding hydrogens is 462 g/mol. The monoisotopic (exact) mass is 477 g/mol. The van der Waals surface area contributed by atoms with Gasteiger partial charge in [0.15, 0.2) is 0 Å². The highest BCUT2D eigenvalue weighted by Crippen LogP contribution is 2.43. The van der Waals surface area contributed by atoms with Gasteiger partial charge in [-0.3, -0.25) is 10.1 Å². The van der Waals surface area contributed by atoms with Gasteiger partial charge in [0.1, 0.15) is 18.4 Å². The van der Waals surface area contributed by atoms with Gasteiger partial charge in [0, 0.05) is 16.3 Å². The zero-order valence-corrected chi connectivity index (χ0v) is 17.9. The summed E-state index contributed by atoms with van der Waals surface area (Å²) < 4.78 is 6.97. The zero-order chi connectivity index (χ0) is 19.7. The van der Waals surface area contributed by atoms with Crippen molar-refractivity contribution >= 4 is 56.0 Å². The van der Waals surface area contributed by atoms with E-state index in [-0.39, 0.29) is 5.37 Å². The van der Waals surface area contributed by atoms with Crippen molar-refractivity contribution in [3.05, 3.63) is 75.2 Å². The summed E-state index contributed by atoms with van der Waals surface area (Å²) in [6, 6.07) is 17.4. The quantitative estimate of drug-likeness (QED) is 0.498. The van der Waals surface area contributed by atoms with Crippen LogP contribution in [0.25, 0.3) is 10.8 Å². The molecule has 1 heterocycles. The summed E-state index contributed by atoms with van der Waals surface area (Å²) in [4.78, 5) is 11.3. The Kier molecular flexibility index (Phi) is 5.83. The number of carboxylic acid groups (broad SMARTS) is 1. The second-order valence-corrected chi connectivity index (χ2v) is 8.93. The summed E-state index contributed by atoms with van der Waals surface area (Å²) in [5, 5.41) is 15.1. The zero-order valence-electron chi connectivity index (χ0n) is 14.7. The Hall–Kier alpha value is -1.73. The number of thioether (sulfide) groups is 1. The van der Waals surface area contributed by atoms with E-state index in [1.807, 2.05) is 24.3 Å². The van der Waals surface area contributed by atoms with Gasteiger partial charge < -0.3 is 9.84 Å². The molecule has 1 fully saturated rings. The molecule has 4 rings (SSSR count). The molecular formula is C21H17BrClNO3S. The van der Waals surface area contributed by atoms with E-state index in [4.69, 9.17) is 16.3 Å². The normalized spacial score (nSPS) is 19.1. The molecule has 4 nitrogen and oxygen atoms in total. The van der Waals surface area contributed by atoms with Crippen LogP contribution in [0, 0.1) is 0 Å². The Morgan fingerprint density at radius 2 is 2.04 bits per heavy atom. The van der Waals surface area contributed by atoms with E-state index in [1.165, 1.54) is 11.8 Å². The van der Waals surface area contributed by atoms with Crippen molar-refractivity contribution in [2.45, 2.75) is 18.0 Å². The van der Waals surface area contributed by atoms with Crippen molar-refractivity contribution in [1.29, 1.82) is 0 Å². The lowest BCUT2D eigenvalue weighted by atomic mass is 10.1. The molecule has 3 aromatic carbocycles. The second kappa shape index (κ2) is 8.33. The number of hydrogen-bond acceptors (Lipinski definition) is 4. The fourth-order valence-corrected chi connectivity index (χ4v) is 5.48. The number of rotatable bonds is 5. The molecule has 0 spiro atoms. The Morgan fingerprint density at radius 3 is 2.82 bits per heavy atom. The molecule has 2 N–H and O–H groups in total. The van der Waals surface area contributed by atoms with Crippen molar-refractivity contribution in [3.63, 3.8) is 0 Å². The third-order valence-electron chi connectivity index (χ3n) is 4.65. The van der Waals surface area contributed by atoms with Gasteiger partial charge in [0.2, 0.25) is 0 Å². The number of hydrogen-bond donors (Lipinski definition) is 2. The highest BCUT2D eigenvalue weighted by molar-refractivity contribution is 9.10. The Morgan fingerprint density at radius 1 is 1.25 bits per heavy atom. The van der Waals surface area contributed by atoms with Crippen LogP contribution >= 0.6 is 39.3 Å². The molecule has 1 aliphatic rings. The van der Waals surface area contributed by atoms with Crippen molar-refractivity contribution in [2.75, 3.05) is 5.75 Å². The highest BCUT2D eigenvalue weighted by atomic mass is 79.9. The Bertz CT molecular complexity index is 1040. The number of fused-ring (bicyclic) bond motifs is 1. The maximum absolute atomic E-state index is 11.3. The van der Waals surface area contributed by atoms with Crippen LogP contribution in [0.5, 0.6) is 5.75 Å². The first-order valence-corrected chi connectivity index (χ1v) is 10.9. The molecule has 0 aliphatic carbocycles. The first kappa shape index (κ1) is 19.6. The third-order valence-corrected chi connectivity index (χ3v) is 6.71. The van der Waals surface area contributed by atoms with Gasteiger partial charge in [-0.25, -0.2) is 0 Å². The second-order valence-electron chi connectivity index (χ2n) is 6.50. The number of aliphatic carboxylic acids is 1. The lowest BCUT2D eigenvalue weighted by Crippen LogP contribution is -2.33. The van der Waals surface area contributed by atoms with Gasteiger partial charge in [-0.1, -0.05) is 54.1 Å². The summed E-state index contributed by atoms with van der Waals surface area (Å²) in [7, 11) is 0. The van der Waals surface area contributed by atoms with Crippen LogP contribution in [0.2, 0.25) is 5.02 Å². The maximum atomic E-state index is 11.3. The number of benzene rings is 3. The van der Waals surface area contributed by atoms with Crippen LogP contribution in [-0.4, -0.2) is 22.9 Å². The summed E-state index contributed by atoms with van der Waals surface area (Å²) in [6.07, 6.45) is 0. The van der Waals surface area contributed by atoms with E-state index >= 15 is 0 Å². The Labute approximate surface area is 180 Å². The smallest absolute Gasteiger partial charge is 0.321 e. The van der Waals surface area contributed by atoms with Crippen LogP contribution < -0.4 is 10.1 Å². The summed E-state index contributed by atoms with van der Waals surface area (Å²) in [6.45, 7) is 0.397. The van der Waals surface area contributed by atoms with Crippen LogP contribution in [0.1, 0.15) is 16.5 Å². The number of carboxylic acids is 1. The fraction of sp³-hybridized carbons (Fsp3) is 0.190. The molecule has 1 aliphatic heterocycles. The molecule has 3 aromatic rings. The molecule has 144 valence electrons. The van der Waals surface area contributed by atoms with E-state index in [1.54, 1.807) is 6.07 Å². The standard InChI is InChI=1S/C21H17BrClNO3S/c22-17-9-14(23)8-16(20-24-18(11-28-20)21(25)26)19(17)27-10-13-6-3-5-12-4-1-2-7-15(12)13/h1-9,18,20,24H,10-11H2,(H,25,26). The van der Waals surface area contributed by atoms with Gasteiger partial charge in [-0.15, -0.1) is 11.8 Å². The molecule has 0 radical (unpaired) electrons. The number of halogens is 2. The van der Waals surface area contributed by atoms with Crippen LogP contribution in [0.4, 0.5) is 0 Å². The molecule has 1 saturated heterocycles. The highest BCUT2D eigenvalue weighted by Gasteiger charge is 2.32. The number of carbonyl (C=O) groups is 1. The van der Waals surface area contributed by atoms with Crippen molar-refractivity contribution in [1.82, 2.24) is 5.32 Å².